The van der Waals surface area contributed by atoms with Crippen LogP contribution in [0.5, 0.6) is 0 Å². The molecule has 1 amide bonds. The third kappa shape index (κ3) is 5.04. The first-order valence-corrected chi connectivity index (χ1v) is 8.84. The summed E-state index contributed by atoms with van der Waals surface area (Å²) in [5.41, 5.74) is 2.37. The van der Waals surface area contributed by atoms with Gasteiger partial charge in [-0.15, -0.1) is 6.58 Å². The molecule has 0 aromatic heterocycles. The Balaban J connectivity index is 2.13. The summed E-state index contributed by atoms with van der Waals surface area (Å²) in [4.78, 5) is 16.6. The average Bonchev–Trinajstić information content (AvgIpc) is 2.67. The lowest BCUT2D eigenvalue weighted by Gasteiger charge is -2.40. The van der Waals surface area contributed by atoms with Crippen LogP contribution >= 0.6 is 0 Å². The Kier molecular flexibility index (Phi) is 7.42. The van der Waals surface area contributed by atoms with Gasteiger partial charge in [0, 0.05) is 32.6 Å². The molecule has 1 aromatic rings. The molecular formula is C22H28N2O. The zero-order valence-corrected chi connectivity index (χ0v) is 14.9. The highest BCUT2D eigenvalue weighted by atomic mass is 16.2. The predicted molar refractivity (Wildman–Crippen MR) is 105 cm³/mol. The van der Waals surface area contributed by atoms with Crippen molar-refractivity contribution in [1.82, 2.24) is 9.80 Å². The predicted octanol–water partition coefficient (Wildman–Crippen LogP) is 4.14. The van der Waals surface area contributed by atoms with Gasteiger partial charge in [-0.3, -0.25) is 9.69 Å². The molecule has 1 aliphatic heterocycles. The van der Waals surface area contributed by atoms with Gasteiger partial charge in [0.05, 0.1) is 6.04 Å². The van der Waals surface area contributed by atoms with Crippen molar-refractivity contribution in [3.05, 3.63) is 85.5 Å². The van der Waals surface area contributed by atoms with Crippen molar-refractivity contribution in [3.63, 3.8) is 0 Å². The molecule has 0 saturated carbocycles. The fourth-order valence-electron chi connectivity index (χ4n) is 3.27. The molecule has 0 radical (unpaired) electrons. The number of hydrogen-bond acceptors (Lipinski definition) is 2. The van der Waals surface area contributed by atoms with Gasteiger partial charge in [0.1, 0.15) is 0 Å². The van der Waals surface area contributed by atoms with Crippen molar-refractivity contribution < 1.29 is 4.79 Å². The minimum absolute atomic E-state index is 0.141. The number of carbonyl (C=O) groups excluding carboxylic acids is 1. The summed E-state index contributed by atoms with van der Waals surface area (Å²) in [7, 11) is 0. The van der Waals surface area contributed by atoms with Crippen LogP contribution in [-0.4, -0.2) is 41.9 Å². The molecule has 1 aliphatic rings. The summed E-state index contributed by atoms with van der Waals surface area (Å²) in [5, 5.41) is 0. The normalized spacial score (nSPS) is 17.0. The van der Waals surface area contributed by atoms with Crippen LogP contribution in [0.4, 0.5) is 0 Å². The molecule has 1 heterocycles. The van der Waals surface area contributed by atoms with Gasteiger partial charge in [0.15, 0.2) is 0 Å². The van der Waals surface area contributed by atoms with Gasteiger partial charge in [-0.1, -0.05) is 67.8 Å². The van der Waals surface area contributed by atoms with Gasteiger partial charge < -0.3 is 4.90 Å². The van der Waals surface area contributed by atoms with E-state index < -0.39 is 0 Å². The molecule has 25 heavy (non-hydrogen) atoms. The van der Waals surface area contributed by atoms with E-state index in [0.717, 1.165) is 38.2 Å². The van der Waals surface area contributed by atoms with Crippen LogP contribution in [0.15, 0.2) is 79.9 Å². The topological polar surface area (TPSA) is 23.6 Å². The second-order valence-corrected chi connectivity index (χ2v) is 6.16. The highest BCUT2D eigenvalue weighted by Gasteiger charge is 2.28. The first kappa shape index (κ1) is 18.9. The smallest absolute Gasteiger partial charge is 0.222 e. The van der Waals surface area contributed by atoms with Gasteiger partial charge in [-0.25, -0.2) is 0 Å². The molecule has 0 spiro atoms. The lowest BCUT2D eigenvalue weighted by atomic mass is 9.95. The van der Waals surface area contributed by atoms with E-state index in [9.17, 15) is 4.79 Å². The number of hydrogen-bond donors (Lipinski definition) is 0. The quantitative estimate of drug-likeness (QED) is 0.526. The van der Waals surface area contributed by atoms with E-state index in [1.807, 2.05) is 29.2 Å². The van der Waals surface area contributed by atoms with Gasteiger partial charge >= 0.3 is 0 Å². The van der Waals surface area contributed by atoms with E-state index in [1.54, 1.807) is 6.08 Å². The van der Waals surface area contributed by atoms with Gasteiger partial charge in [0.2, 0.25) is 5.91 Å². The van der Waals surface area contributed by atoms with Crippen molar-refractivity contribution in [2.75, 3.05) is 26.2 Å². The van der Waals surface area contributed by atoms with Gasteiger partial charge in [0.25, 0.3) is 0 Å². The van der Waals surface area contributed by atoms with Crippen LogP contribution in [0.3, 0.4) is 0 Å². The van der Waals surface area contributed by atoms with E-state index in [0.29, 0.717) is 6.42 Å². The molecule has 1 atom stereocenters. The maximum absolute atomic E-state index is 12.2. The molecule has 1 fully saturated rings. The zero-order valence-electron chi connectivity index (χ0n) is 14.9. The van der Waals surface area contributed by atoms with Gasteiger partial charge in [-0.2, -0.15) is 0 Å². The molecule has 1 unspecified atom stereocenters. The highest BCUT2D eigenvalue weighted by Crippen LogP contribution is 2.30. The van der Waals surface area contributed by atoms with Crippen LogP contribution in [0.2, 0.25) is 0 Å². The van der Waals surface area contributed by atoms with Crippen molar-refractivity contribution in [3.8, 4) is 0 Å². The Morgan fingerprint density at radius 2 is 1.76 bits per heavy atom. The van der Waals surface area contributed by atoms with Crippen LogP contribution in [-0.2, 0) is 4.79 Å². The molecule has 0 N–H and O–H groups in total. The standard InChI is InChI=1S/C22H28N2O/c1-4-7-14-21(25)23-15-17-24(18-16-23)22(19(6-3)11-5-2)20-12-9-8-10-13-20/h4-6,8-13,22H,1-3,7,14-18H2/b19-11+. The summed E-state index contributed by atoms with van der Waals surface area (Å²) in [6, 6.07) is 10.6. The summed E-state index contributed by atoms with van der Waals surface area (Å²) >= 11 is 0. The van der Waals surface area contributed by atoms with Crippen LogP contribution in [0.25, 0.3) is 0 Å². The average molecular weight is 336 g/mol. The zero-order chi connectivity index (χ0) is 18.1. The molecule has 0 bridgehead atoms. The summed E-state index contributed by atoms with van der Waals surface area (Å²) < 4.78 is 0. The molecule has 1 saturated heterocycles. The van der Waals surface area contributed by atoms with E-state index >= 15 is 0 Å². The van der Waals surface area contributed by atoms with Gasteiger partial charge in [-0.05, 0) is 17.6 Å². The van der Waals surface area contributed by atoms with Crippen LogP contribution in [0.1, 0.15) is 24.4 Å². The summed E-state index contributed by atoms with van der Waals surface area (Å²) in [5.74, 6) is 0.224. The lowest BCUT2D eigenvalue weighted by Crippen LogP contribution is -2.49. The van der Waals surface area contributed by atoms with E-state index in [-0.39, 0.29) is 11.9 Å². The first-order chi connectivity index (χ1) is 12.2. The number of piperazine rings is 1. The van der Waals surface area contributed by atoms with Crippen LogP contribution < -0.4 is 0 Å². The van der Waals surface area contributed by atoms with Crippen molar-refractivity contribution >= 4 is 5.91 Å². The monoisotopic (exact) mass is 336 g/mol. The fourth-order valence-corrected chi connectivity index (χ4v) is 3.27. The van der Waals surface area contributed by atoms with Crippen molar-refractivity contribution in [2.24, 2.45) is 0 Å². The maximum atomic E-state index is 12.2. The summed E-state index contributed by atoms with van der Waals surface area (Å²) in [6.45, 7) is 14.7. The molecular weight excluding hydrogens is 308 g/mol. The Morgan fingerprint density at radius 3 is 2.32 bits per heavy atom. The number of benzene rings is 1. The Hall–Kier alpha value is -2.39. The van der Waals surface area contributed by atoms with Crippen molar-refractivity contribution in [2.45, 2.75) is 18.9 Å². The molecule has 0 aliphatic carbocycles. The number of carbonyl (C=O) groups is 1. The Labute approximate surface area is 151 Å². The number of allylic oxidation sites excluding steroid dienone is 3. The second kappa shape index (κ2) is 9.80. The largest absolute Gasteiger partial charge is 0.340 e. The van der Waals surface area contributed by atoms with Crippen LogP contribution in [0, 0.1) is 0 Å². The van der Waals surface area contributed by atoms with E-state index in [2.05, 4.69) is 48.9 Å². The SMILES string of the molecule is C=C/C=C(\C=C)C(c1ccccc1)N1CCN(C(=O)CCC=C)CC1. The number of amides is 1. The number of rotatable bonds is 8. The Morgan fingerprint density at radius 1 is 1.08 bits per heavy atom. The Bertz CT molecular complexity index is 625. The highest BCUT2D eigenvalue weighted by molar-refractivity contribution is 5.76. The fraction of sp³-hybridized carbons (Fsp3) is 0.318. The molecule has 1 aromatic carbocycles. The third-order valence-corrected chi connectivity index (χ3v) is 4.57. The van der Waals surface area contributed by atoms with Crippen molar-refractivity contribution in [1.29, 1.82) is 0 Å². The molecule has 3 heteroatoms. The molecule has 132 valence electrons. The minimum Gasteiger partial charge on any atom is -0.340 e. The maximum Gasteiger partial charge on any atom is 0.222 e. The second-order valence-electron chi connectivity index (χ2n) is 6.16. The summed E-state index contributed by atoms with van der Waals surface area (Å²) in [6.07, 6.45) is 8.83. The molecule has 3 nitrogen and oxygen atoms in total. The van der Waals surface area contributed by atoms with E-state index in [1.165, 1.54) is 5.56 Å². The molecule has 2 rings (SSSR count). The number of nitrogens with zero attached hydrogens (tertiary/aromatic N) is 2. The van der Waals surface area contributed by atoms with E-state index in [4.69, 9.17) is 0 Å². The first-order valence-electron chi connectivity index (χ1n) is 8.84. The lowest BCUT2D eigenvalue weighted by molar-refractivity contribution is -0.133. The minimum atomic E-state index is 0.141. The third-order valence-electron chi connectivity index (χ3n) is 4.57.